The summed E-state index contributed by atoms with van der Waals surface area (Å²) in [5.74, 6) is 0.993. The Labute approximate surface area is 153 Å². The van der Waals surface area contributed by atoms with Crippen molar-refractivity contribution in [2.24, 2.45) is 0 Å². The molecule has 0 fully saturated rings. The van der Waals surface area contributed by atoms with E-state index in [1.165, 1.54) is 5.69 Å². The second kappa shape index (κ2) is 5.70. The molecule has 4 rings (SSSR count). The lowest BCUT2D eigenvalue weighted by Gasteiger charge is -2.23. The highest BCUT2D eigenvalue weighted by Gasteiger charge is 2.25. The summed E-state index contributed by atoms with van der Waals surface area (Å²) in [5, 5.41) is 1.12. The Morgan fingerprint density at radius 1 is 1.04 bits per heavy atom. The summed E-state index contributed by atoms with van der Waals surface area (Å²) >= 11 is 0. The smallest absolute Gasteiger partial charge is 0.152 e. The molecule has 0 atom stereocenters. The number of aromatic amines is 1. The van der Waals surface area contributed by atoms with Crippen LogP contribution in [0.4, 0.5) is 0 Å². The van der Waals surface area contributed by atoms with Crippen molar-refractivity contribution in [3.8, 4) is 0 Å². The first-order valence-electron chi connectivity index (χ1n) is 9.06. The van der Waals surface area contributed by atoms with Crippen molar-refractivity contribution >= 4 is 22.0 Å². The van der Waals surface area contributed by atoms with E-state index < -0.39 is 0 Å². The maximum atomic E-state index is 5.97. The first kappa shape index (κ1) is 16.8. The summed E-state index contributed by atoms with van der Waals surface area (Å²) in [7, 11) is 0. The van der Waals surface area contributed by atoms with E-state index in [2.05, 4.69) is 73.8 Å². The molecule has 0 amide bonds. The van der Waals surface area contributed by atoms with Crippen LogP contribution >= 0.6 is 0 Å². The Kier molecular flexibility index (Phi) is 3.69. The number of nitrogens with zero attached hydrogens (tertiary/aromatic N) is 2. The number of hydrogen-bond donors (Lipinski definition) is 1. The molecule has 0 bridgehead atoms. The summed E-state index contributed by atoms with van der Waals surface area (Å²) in [6, 6.07) is 10.4. The number of pyridine rings is 2. The third-order valence-corrected chi connectivity index (χ3v) is 4.94. The van der Waals surface area contributed by atoms with E-state index in [0.29, 0.717) is 0 Å². The summed E-state index contributed by atoms with van der Waals surface area (Å²) in [4.78, 5) is 12.6. The monoisotopic (exact) mass is 347 g/mol. The average Bonchev–Trinajstić information content (AvgIpc) is 3.18. The maximum Gasteiger partial charge on any atom is 0.152 e. The predicted molar refractivity (Wildman–Crippen MR) is 106 cm³/mol. The van der Waals surface area contributed by atoms with Crippen LogP contribution in [-0.4, -0.2) is 15.0 Å². The van der Waals surface area contributed by atoms with Gasteiger partial charge in [-0.3, -0.25) is 9.97 Å². The Hall–Kier alpha value is -2.62. The number of fused-ring (bicyclic) bond motifs is 2. The third-order valence-electron chi connectivity index (χ3n) is 4.94. The van der Waals surface area contributed by atoms with Crippen molar-refractivity contribution in [3.05, 3.63) is 59.9 Å². The molecule has 0 aliphatic rings. The van der Waals surface area contributed by atoms with Gasteiger partial charge in [-0.15, -0.1) is 0 Å². The van der Waals surface area contributed by atoms with Crippen LogP contribution in [0.25, 0.3) is 22.0 Å². The van der Waals surface area contributed by atoms with Gasteiger partial charge in [0, 0.05) is 40.2 Å². The Balaban J connectivity index is 1.66. The lowest BCUT2D eigenvalue weighted by atomic mass is 9.84. The molecule has 0 aliphatic carbocycles. The van der Waals surface area contributed by atoms with Gasteiger partial charge in [0.1, 0.15) is 5.76 Å². The van der Waals surface area contributed by atoms with Crippen molar-refractivity contribution in [1.29, 1.82) is 0 Å². The van der Waals surface area contributed by atoms with Crippen LogP contribution in [0.5, 0.6) is 0 Å². The summed E-state index contributed by atoms with van der Waals surface area (Å²) in [6.07, 6.45) is 4.52. The highest BCUT2D eigenvalue weighted by molar-refractivity contribution is 5.78. The lowest BCUT2D eigenvalue weighted by molar-refractivity contribution is 0.429. The fourth-order valence-electron chi connectivity index (χ4n) is 3.33. The van der Waals surface area contributed by atoms with Crippen LogP contribution in [0.3, 0.4) is 0 Å². The SMILES string of the molecule is CC(C)(C)c1cc2cc(CC(C)(C)c3cc4ncccc4[nH]3)ncc2o1. The van der Waals surface area contributed by atoms with Crippen LogP contribution in [0.15, 0.2) is 47.1 Å². The minimum Gasteiger partial charge on any atom is -0.459 e. The molecule has 4 aromatic rings. The Morgan fingerprint density at radius 2 is 1.85 bits per heavy atom. The van der Waals surface area contributed by atoms with Gasteiger partial charge in [0.05, 0.1) is 17.2 Å². The fourth-order valence-corrected chi connectivity index (χ4v) is 3.33. The molecule has 4 nitrogen and oxygen atoms in total. The summed E-state index contributed by atoms with van der Waals surface area (Å²) in [6.45, 7) is 10.9. The molecule has 0 aliphatic heterocycles. The van der Waals surface area contributed by atoms with Crippen LogP contribution in [-0.2, 0) is 17.3 Å². The highest BCUT2D eigenvalue weighted by Crippen LogP contribution is 2.32. The molecule has 4 heterocycles. The molecule has 0 radical (unpaired) electrons. The summed E-state index contributed by atoms with van der Waals surface area (Å²) < 4.78 is 5.97. The first-order valence-corrected chi connectivity index (χ1v) is 9.06. The Bertz CT molecular complexity index is 1050. The van der Waals surface area contributed by atoms with E-state index in [1.54, 1.807) is 0 Å². The molecule has 4 aromatic heterocycles. The molecular weight excluding hydrogens is 322 g/mol. The molecule has 1 N–H and O–H groups in total. The normalized spacial score (nSPS) is 13.0. The third kappa shape index (κ3) is 3.00. The molecule has 0 saturated carbocycles. The van der Waals surface area contributed by atoms with Crippen molar-refractivity contribution in [1.82, 2.24) is 15.0 Å². The van der Waals surface area contributed by atoms with Gasteiger partial charge in [-0.25, -0.2) is 0 Å². The topological polar surface area (TPSA) is 54.7 Å². The number of rotatable bonds is 3. The molecule has 0 unspecified atom stereocenters. The number of aromatic nitrogens is 3. The van der Waals surface area contributed by atoms with E-state index in [-0.39, 0.29) is 10.8 Å². The molecule has 0 aromatic carbocycles. The van der Waals surface area contributed by atoms with E-state index in [0.717, 1.165) is 39.9 Å². The number of furan rings is 1. The van der Waals surface area contributed by atoms with E-state index in [9.17, 15) is 0 Å². The molecule has 134 valence electrons. The zero-order valence-electron chi connectivity index (χ0n) is 16.1. The van der Waals surface area contributed by atoms with Gasteiger partial charge in [-0.05, 0) is 30.3 Å². The van der Waals surface area contributed by atoms with Gasteiger partial charge in [0.2, 0.25) is 0 Å². The average molecular weight is 347 g/mol. The molecule has 0 spiro atoms. The standard InChI is InChI=1S/C22H25N3O/c1-21(2,3)20-10-14-9-15(24-13-18(14)26-20)12-22(4,5)19-11-17-16(25-19)7-6-8-23-17/h6-11,13,25H,12H2,1-5H3. The van der Waals surface area contributed by atoms with Crippen molar-refractivity contribution in [3.63, 3.8) is 0 Å². The van der Waals surface area contributed by atoms with Gasteiger partial charge in [-0.2, -0.15) is 0 Å². The minimum absolute atomic E-state index is 0.00416. The highest BCUT2D eigenvalue weighted by atomic mass is 16.3. The first-order chi connectivity index (χ1) is 12.2. The number of hydrogen-bond acceptors (Lipinski definition) is 3. The van der Waals surface area contributed by atoms with E-state index >= 15 is 0 Å². The second-order valence-corrected chi connectivity index (χ2v) is 8.75. The largest absolute Gasteiger partial charge is 0.459 e. The molecule has 0 saturated heterocycles. The van der Waals surface area contributed by atoms with Crippen LogP contribution in [0.2, 0.25) is 0 Å². The van der Waals surface area contributed by atoms with Gasteiger partial charge in [0.15, 0.2) is 5.58 Å². The van der Waals surface area contributed by atoms with Gasteiger partial charge < -0.3 is 9.40 Å². The second-order valence-electron chi connectivity index (χ2n) is 8.75. The van der Waals surface area contributed by atoms with E-state index in [4.69, 9.17) is 4.42 Å². The summed E-state index contributed by atoms with van der Waals surface area (Å²) in [5.41, 5.74) is 5.10. The van der Waals surface area contributed by atoms with Crippen LogP contribution < -0.4 is 0 Å². The van der Waals surface area contributed by atoms with Crippen LogP contribution in [0, 0.1) is 0 Å². The number of nitrogens with one attached hydrogen (secondary N) is 1. The lowest BCUT2D eigenvalue weighted by Crippen LogP contribution is -2.21. The van der Waals surface area contributed by atoms with E-state index in [1.807, 2.05) is 18.5 Å². The van der Waals surface area contributed by atoms with Crippen molar-refractivity contribution in [2.75, 3.05) is 0 Å². The maximum absolute atomic E-state index is 5.97. The van der Waals surface area contributed by atoms with Gasteiger partial charge in [-0.1, -0.05) is 34.6 Å². The predicted octanol–water partition coefficient (Wildman–Crippen LogP) is 5.52. The molecular formula is C22H25N3O. The number of H-pyrrole nitrogens is 1. The van der Waals surface area contributed by atoms with Gasteiger partial charge in [0.25, 0.3) is 0 Å². The minimum atomic E-state index is -0.0715. The zero-order valence-corrected chi connectivity index (χ0v) is 16.1. The van der Waals surface area contributed by atoms with Crippen molar-refractivity contribution in [2.45, 2.75) is 51.9 Å². The zero-order chi connectivity index (χ0) is 18.5. The Morgan fingerprint density at radius 3 is 2.58 bits per heavy atom. The molecule has 26 heavy (non-hydrogen) atoms. The fraction of sp³-hybridized carbons (Fsp3) is 0.364. The molecule has 4 heteroatoms. The van der Waals surface area contributed by atoms with Crippen molar-refractivity contribution < 1.29 is 4.42 Å². The van der Waals surface area contributed by atoms with Gasteiger partial charge >= 0.3 is 0 Å². The quantitative estimate of drug-likeness (QED) is 0.531. The van der Waals surface area contributed by atoms with Crippen LogP contribution in [0.1, 0.15) is 51.8 Å².